The van der Waals surface area contributed by atoms with E-state index in [-0.39, 0.29) is 4.90 Å². The Labute approximate surface area is 91.6 Å². The molecule has 0 unspecified atom stereocenters. The molecule has 4 N–H and O–H groups in total. The van der Waals surface area contributed by atoms with Gasteiger partial charge >= 0.3 is 0 Å². The molecule has 16 heavy (non-hydrogen) atoms. The fourth-order valence-electron chi connectivity index (χ4n) is 0.937. The molecule has 0 bridgehead atoms. The van der Waals surface area contributed by atoms with Gasteiger partial charge in [-0.15, -0.1) is 4.40 Å². The largest absolute Gasteiger partial charge is 0.369 e. The first-order valence-corrected chi connectivity index (χ1v) is 5.43. The van der Waals surface area contributed by atoms with Crippen LogP contribution in [-0.2, 0) is 14.8 Å². The van der Waals surface area contributed by atoms with Crippen molar-refractivity contribution in [1.82, 2.24) is 0 Å². The van der Waals surface area contributed by atoms with Gasteiger partial charge in [0.15, 0.2) is 0 Å². The van der Waals surface area contributed by atoms with Gasteiger partial charge in [-0.2, -0.15) is 13.4 Å². The number of nitrogens with two attached hydrogens (primary N) is 2. The number of sulfonamides is 1. The number of hydrogen-bond acceptors (Lipinski definition) is 4. The van der Waals surface area contributed by atoms with E-state index in [0.29, 0.717) is 5.69 Å². The predicted molar refractivity (Wildman–Crippen MR) is 57.2 cm³/mol. The van der Waals surface area contributed by atoms with Crippen LogP contribution in [0, 0.1) is 0 Å². The molecule has 0 aliphatic heterocycles. The molecule has 0 fully saturated rings. The summed E-state index contributed by atoms with van der Waals surface area (Å²) in [5, 5.41) is 0. The number of hydrogen-bond donors (Lipinski definition) is 2. The summed E-state index contributed by atoms with van der Waals surface area (Å²) in [5.74, 6) is -0.546. The van der Waals surface area contributed by atoms with Crippen LogP contribution in [0.1, 0.15) is 0 Å². The Morgan fingerprint density at radius 2 is 1.75 bits per heavy atom. The molecule has 0 saturated carbocycles. The van der Waals surface area contributed by atoms with Gasteiger partial charge in [0, 0.05) is 0 Å². The van der Waals surface area contributed by atoms with Gasteiger partial charge < -0.3 is 11.5 Å². The minimum Gasteiger partial charge on any atom is -0.369 e. The molecule has 8 heteroatoms. The first-order valence-electron chi connectivity index (χ1n) is 3.99. The quantitative estimate of drug-likeness (QED) is 0.422. The summed E-state index contributed by atoms with van der Waals surface area (Å²) in [4.78, 5) is 13.2. The van der Waals surface area contributed by atoms with E-state index in [4.69, 9.17) is 11.5 Å². The van der Waals surface area contributed by atoms with Crippen molar-refractivity contribution in [3.63, 3.8) is 0 Å². The maximum atomic E-state index is 11.5. The zero-order valence-electron chi connectivity index (χ0n) is 7.99. The highest BCUT2D eigenvalue weighted by Gasteiger charge is 2.12. The van der Waals surface area contributed by atoms with Gasteiger partial charge in [0.1, 0.15) is 0 Å². The van der Waals surface area contributed by atoms with Crippen molar-refractivity contribution in [2.24, 2.45) is 20.9 Å². The van der Waals surface area contributed by atoms with Gasteiger partial charge in [0.05, 0.1) is 10.6 Å². The van der Waals surface area contributed by atoms with E-state index >= 15 is 0 Å². The van der Waals surface area contributed by atoms with Crippen molar-refractivity contribution >= 4 is 27.8 Å². The Hall–Kier alpha value is -2.18. The molecular formula is C8H8N4O3S. The Morgan fingerprint density at radius 3 is 2.19 bits per heavy atom. The zero-order chi connectivity index (χ0) is 12.2. The van der Waals surface area contributed by atoms with E-state index in [2.05, 4.69) is 9.39 Å². The first-order chi connectivity index (χ1) is 7.45. The number of benzene rings is 1. The second kappa shape index (κ2) is 4.56. The third kappa shape index (κ3) is 2.91. The molecule has 0 aliphatic rings. The topological polar surface area (TPSA) is 128 Å². The van der Waals surface area contributed by atoms with Gasteiger partial charge in [0.2, 0.25) is 12.0 Å². The van der Waals surface area contributed by atoms with E-state index < -0.39 is 16.0 Å². The highest BCUT2D eigenvalue weighted by atomic mass is 32.2. The maximum absolute atomic E-state index is 11.5. The molecule has 0 saturated heterocycles. The van der Waals surface area contributed by atoms with Crippen LogP contribution in [0.3, 0.4) is 0 Å². The summed E-state index contributed by atoms with van der Waals surface area (Å²) in [6, 6.07) is 5.13. The molecule has 0 atom stereocenters. The zero-order valence-corrected chi connectivity index (χ0v) is 8.81. The lowest BCUT2D eigenvalue weighted by atomic mass is 10.3. The molecule has 0 aromatic heterocycles. The first kappa shape index (κ1) is 11.9. The summed E-state index contributed by atoms with van der Waals surface area (Å²) in [6.07, 6.45) is 1.33. The van der Waals surface area contributed by atoms with Crippen LogP contribution in [0.15, 0.2) is 38.6 Å². The van der Waals surface area contributed by atoms with E-state index in [9.17, 15) is 13.2 Å². The molecule has 1 rings (SSSR count). The fourth-order valence-corrected chi connectivity index (χ4v) is 1.80. The van der Waals surface area contributed by atoms with Gasteiger partial charge in [0.25, 0.3) is 10.0 Å². The van der Waals surface area contributed by atoms with Crippen LogP contribution in [0.4, 0.5) is 5.69 Å². The van der Waals surface area contributed by atoms with Gasteiger partial charge in [-0.05, 0) is 24.3 Å². The average molecular weight is 240 g/mol. The normalized spacial score (nSPS) is 10.2. The predicted octanol–water partition coefficient (Wildman–Crippen LogP) is -0.384. The monoisotopic (exact) mass is 240 g/mol. The van der Waals surface area contributed by atoms with Crippen molar-refractivity contribution in [2.45, 2.75) is 4.90 Å². The van der Waals surface area contributed by atoms with Crippen LogP contribution < -0.4 is 11.5 Å². The Bertz CT molecular complexity index is 551. The smallest absolute Gasteiger partial charge is 0.285 e. The number of aliphatic imine (C=N–C) groups is 1. The van der Waals surface area contributed by atoms with Crippen molar-refractivity contribution < 1.29 is 13.2 Å². The van der Waals surface area contributed by atoms with Crippen molar-refractivity contribution in [2.75, 3.05) is 0 Å². The van der Waals surface area contributed by atoms with E-state index in [1.54, 1.807) is 0 Å². The van der Waals surface area contributed by atoms with Crippen molar-refractivity contribution in [3.05, 3.63) is 24.3 Å². The molecule has 84 valence electrons. The van der Waals surface area contributed by atoms with Gasteiger partial charge in [-0.25, -0.2) is 4.79 Å². The molecule has 1 aromatic rings. The van der Waals surface area contributed by atoms with Crippen LogP contribution in [-0.4, -0.2) is 20.5 Å². The maximum Gasteiger partial charge on any atom is 0.285 e. The molecule has 7 nitrogen and oxygen atoms in total. The molecule has 0 spiro atoms. The molecule has 0 aliphatic carbocycles. The number of nitrogens with zero attached hydrogens (tertiary/aromatic N) is 2. The third-order valence-electron chi connectivity index (χ3n) is 1.53. The van der Waals surface area contributed by atoms with Crippen LogP contribution in [0.5, 0.6) is 0 Å². The fraction of sp³-hybridized carbons (Fsp3) is 0. The summed E-state index contributed by atoms with van der Waals surface area (Å²) >= 11 is 0. The minimum absolute atomic E-state index is 0.0919. The van der Waals surface area contributed by atoms with Gasteiger partial charge in [-0.3, -0.25) is 0 Å². The van der Waals surface area contributed by atoms with E-state index in [1.165, 1.54) is 30.3 Å². The molecular weight excluding hydrogens is 232 g/mol. The number of rotatable bonds is 3. The highest BCUT2D eigenvalue weighted by molar-refractivity contribution is 7.90. The molecule has 1 aromatic carbocycles. The molecule has 0 amide bonds. The number of guanidine groups is 1. The second-order valence-electron chi connectivity index (χ2n) is 2.69. The number of isocyanates is 1. The summed E-state index contributed by atoms with van der Waals surface area (Å²) < 4.78 is 26.0. The summed E-state index contributed by atoms with van der Waals surface area (Å²) in [6.45, 7) is 0. The van der Waals surface area contributed by atoms with Crippen LogP contribution in [0.25, 0.3) is 0 Å². The second-order valence-corrected chi connectivity index (χ2v) is 4.29. The highest BCUT2D eigenvalue weighted by Crippen LogP contribution is 2.17. The number of carbonyl (C=O) groups excluding carboxylic acids is 1. The minimum atomic E-state index is -3.89. The molecule has 0 radical (unpaired) electrons. The lowest BCUT2D eigenvalue weighted by Gasteiger charge is -1.98. The Kier molecular flexibility index (Phi) is 3.39. The lowest BCUT2D eigenvalue weighted by Crippen LogP contribution is -2.24. The average Bonchev–Trinajstić information content (AvgIpc) is 2.17. The summed E-state index contributed by atoms with van der Waals surface area (Å²) in [5.41, 5.74) is 10.2. The van der Waals surface area contributed by atoms with E-state index in [0.717, 1.165) is 0 Å². The standard InChI is InChI=1S/C8H8N4O3S/c9-8(10)12-16(14,15)7-3-1-6(2-4-7)11-5-13/h1-4H,(H4,9,10,12). The molecule has 0 heterocycles. The van der Waals surface area contributed by atoms with E-state index in [1.807, 2.05) is 0 Å². The Morgan fingerprint density at radius 1 is 1.19 bits per heavy atom. The third-order valence-corrected chi connectivity index (χ3v) is 2.85. The van der Waals surface area contributed by atoms with Crippen molar-refractivity contribution in [1.29, 1.82) is 0 Å². The van der Waals surface area contributed by atoms with Crippen LogP contribution >= 0.6 is 0 Å². The SMILES string of the molecule is NC(N)=NS(=O)(=O)c1ccc(N=C=O)cc1. The van der Waals surface area contributed by atoms with Crippen LogP contribution in [0.2, 0.25) is 0 Å². The Balaban J connectivity index is 3.17. The lowest BCUT2D eigenvalue weighted by molar-refractivity contribution is 0.565. The van der Waals surface area contributed by atoms with Gasteiger partial charge in [-0.1, -0.05) is 0 Å². The van der Waals surface area contributed by atoms with Crippen molar-refractivity contribution in [3.8, 4) is 0 Å². The summed E-state index contributed by atoms with van der Waals surface area (Å²) in [7, 11) is -3.89.